The minimum atomic E-state index is -3.50. The number of morpholine rings is 1. The molecule has 12 heteroatoms. The van der Waals surface area contributed by atoms with Crippen LogP contribution in [0, 0.1) is 0 Å². The molecule has 0 saturated carbocycles. The monoisotopic (exact) mass is 588 g/mol. The van der Waals surface area contributed by atoms with Crippen LogP contribution < -0.4 is 14.8 Å². The van der Waals surface area contributed by atoms with Gasteiger partial charge in [0.05, 0.1) is 35.0 Å². The molecule has 4 aromatic rings. The summed E-state index contributed by atoms with van der Waals surface area (Å²) in [7, 11) is -1.96. The average molecular weight is 590 g/mol. The molecule has 1 aliphatic heterocycles. The van der Waals surface area contributed by atoms with Crippen LogP contribution in [0.5, 0.6) is 11.5 Å². The first kappa shape index (κ1) is 27.4. The summed E-state index contributed by atoms with van der Waals surface area (Å²) in [4.78, 5) is 8.74. The van der Waals surface area contributed by atoms with Gasteiger partial charge < -0.3 is 19.5 Å². The highest BCUT2D eigenvalue weighted by Gasteiger charge is 2.30. The second-order valence-electron chi connectivity index (χ2n) is 8.90. The fourth-order valence-electron chi connectivity index (χ4n) is 4.25. The molecule has 0 radical (unpaired) electrons. The van der Waals surface area contributed by atoms with Crippen LogP contribution in [-0.2, 0) is 20.5 Å². The summed E-state index contributed by atoms with van der Waals surface area (Å²) in [5.41, 5.74) is 2.08. The van der Waals surface area contributed by atoms with Crippen molar-refractivity contribution in [2.45, 2.75) is 11.9 Å². The number of fused-ring (bicyclic) bond motifs is 1. The van der Waals surface area contributed by atoms with E-state index < -0.39 is 16.1 Å². The Balaban J connectivity index is 1.30. The van der Waals surface area contributed by atoms with Crippen molar-refractivity contribution in [2.24, 2.45) is 0 Å². The number of anilines is 2. The third kappa shape index (κ3) is 6.54. The highest BCUT2D eigenvalue weighted by molar-refractivity contribution is 7.88. The van der Waals surface area contributed by atoms with Gasteiger partial charge in [-0.2, -0.15) is 4.31 Å². The number of sulfonamides is 1. The summed E-state index contributed by atoms with van der Waals surface area (Å²) < 4.78 is 44.9. The lowest BCUT2D eigenvalue weighted by molar-refractivity contribution is -0.0253. The Morgan fingerprint density at radius 3 is 2.64 bits per heavy atom. The van der Waals surface area contributed by atoms with E-state index >= 15 is 0 Å². The second kappa shape index (κ2) is 11.9. The van der Waals surface area contributed by atoms with Gasteiger partial charge in [-0.25, -0.2) is 18.4 Å². The number of nitrogens with zero attached hydrogens (tertiary/aromatic N) is 3. The summed E-state index contributed by atoms with van der Waals surface area (Å²) in [6, 6.07) is 17.9. The van der Waals surface area contributed by atoms with Gasteiger partial charge in [0.25, 0.3) is 0 Å². The topological polar surface area (TPSA) is 103 Å². The number of nitrogens with one attached hydrogen (secondary N) is 1. The molecule has 0 aliphatic carbocycles. The maximum absolute atomic E-state index is 13.0. The van der Waals surface area contributed by atoms with E-state index in [9.17, 15) is 8.42 Å². The van der Waals surface area contributed by atoms with E-state index in [-0.39, 0.29) is 25.5 Å². The molecule has 9 nitrogen and oxygen atoms in total. The van der Waals surface area contributed by atoms with Gasteiger partial charge in [-0.1, -0.05) is 53.5 Å². The number of hydrogen-bond acceptors (Lipinski definition) is 8. The fourth-order valence-corrected chi connectivity index (χ4v) is 6.09. The molecule has 2 heterocycles. The normalized spacial score (nSPS) is 16.2. The number of halogens is 2. The third-order valence-corrected chi connectivity index (χ3v) is 8.77. The standard InChI is InChI=1S/C27H26Cl2N4O5S/c1-36-25-12-21-24(30-17-31-27(21)32-19-7-8-22(28)23(29)11-19)13-26(25)38-15-20-14-33(9-10-37-20)39(34,35)16-18-5-3-2-4-6-18/h2-8,11-13,17,20H,9-10,14-16H2,1H3,(H,30,31,32). The summed E-state index contributed by atoms with van der Waals surface area (Å²) in [5.74, 6) is 1.42. The maximum Gasteiger partial charge on any atom is 0.218 e. The number of benzene rings is 3. The predicted molar refractivity (Wildman–Crippen MR) is 152 cm³/mol. The smallest absolute Gasteiger partial charge is 0.218 e. The lowest BCUT2D eigenvalue weighted by Crippen LogP contribution is -2.47. The summed E-state index contributed by atoms with van der Waals surface area (Å²) in [5, 5.41) is 4.82. The van der Waals surface area contributed by atoms with Crippen molar-refractivity contribution >= 4 is 55.6 Å². The van der Waals surface area contributed by atoms with E-state index in [0.717, 1.165) is 5.56 Å². The van der Waals surface area contributed by atoms with E-state index in [2.05, 4.69) is 15.3 Å². The highest BCUT2D eigenvalue weighted by Crippen LogP contribution is 2.35. The van der Waals surface area contributed by atoms with Crippen molar-refractivity contribution in [3.05, 3.63) is 82.6 Å². The number of rotatable bonds is 9. The van der Waals surface area contributed by atoms with Crippen LogP contribution >= 0.6 is 23.2 Å². The van der Waals surface area contributed by atoms with Gasteiger partial charge in [0.15, 0.2) is 11.5 Å². The van der Waals surface area contributed by atoms with Crippen molar-refractivity contribution in [2.75, 3.05) is 38.7 Å². The highest BCUT2D eigenvalue weighted by atomic mass is 35.5. The van der Waals surface area contributed by atoms with Gasteiger partial charge >= 0.3 is 0 Å². The van der Waals surface area contributed by atoms with Gasteiger partial charge in [0.1, 0.15) is 24.9 Å². The number of ether oxygens (including phenoxy) is 3. The van der Waals surface area contributed by atoms with Crippen molar-refractivity contribution in [1.29, 1.82) is 0 Å². The van der Waals surface area contributed by atoms with E-state index in [1.165, 1.54) is 10.6 Å². The number of aromatic nitrogens is 2. The van der Waals surface area contributed by atoms with Crippen molar-refractivity contribution in [1.82, 2.24) is 14.3 Å². The van der Waals surface area contributed by atoms with Crippen LogP contribution in [0.1, 0.15) is 5.56 Å². The molecule has 0 spiro atoms. The van der Waals surface area contributed by atoms with E-state index in [0.29, 0.717) is 50.5 Å². The molecule has 5 rings (SSSR count). The Hall–Kier alpha value is -3.15. The summed E-state index contributed by atoms with van der Waals surface area (Å²) >= 11 is 12.2. The molecule has 3 aromatic carbocycles. The molecule has 1 saturated heterocycles. The Morgan fingerprint density at radius 2 is 1.87 bits per heavy atom. The largest absolute Gasteiger partial charge is 0.493 e. The van der Waals surface area contributed by atoms with Gasteiger partial charge in [0, 0.05) is 30.2 Å². The lowest BCUT2D eigenvalue weighted by Gasteiger charge is -2.32. The molecule has 39 heavy (non-hydrogen) atoms. The number of methoxy groups -OCH3 is 1. The molecule has 204 valence electrons. The Morgan fingerprint density at radius 1 is 1.05 bits per heavy atom. The zero-order chi connectivity index (χ0) is 27.4. The Kier molecular flexibility index (Phi) is 8.39. The molecule has 1 N–H and O–H groups in total. The van der Waals surface area contributed by atoms with Gasteiger partial charge in [-0.3, -0.25) is 0 Å². The van der Waals surface area contributed by atoms with Gasteiger partial charge in [-0.05, 0) is 29.8 Å². The third-order valence-electron chi connectivity index (χ3n) is 6.21. The molecule has 0 bridgehead atoms. The molecule has 1 atom stereocenters. The maximum atomic E-state index is 13.0. The van der Waals surface area contributed by atoms with Gasteiger partial charge in [-0.15, -0.1) is 0 Å². The SMILES string of the molecule is COc1cc2c(Nc3ccc(Cl)c(Cl)c3)ncnc2cc1OCC1CN(S(=O)(=O)Cc2ccccc2)CCO1. The second-order valence-corrected chi connectivity index (χ2v) is 11.7. The molecule has 1 fully saturated rings. The van der Waals surface area contributed by atoms with Crippen molar-refractivity contribution in [3.8, 4) is 11.5 Å². The molecule has 1 unspecified atom stereocenters. The van der Waals surface area contributed by atoms with Crippen molar-refractivity contribution < 1.29 is 22.6 Å². The number of hydrogen-bond donors (Lipinski definition) is 1. The first-order chi connectivity index (χ1) is 18.8. The van der Waals surface area contributed by atoms with E-state index in [4.69, 9.17) is 37.4 Å². The van der Waals surface area contributed by atoms with Gasteiger partial charge in [0.2, 0.25) is 10.0 Å². The van der Waals surface area contributed by atoms with Crippen LogP contribution in [0.15, 0.2) is 67.0 Å². The van der Waals surface area contributed by atoms with Crippen LogP contribution in [0.2, 0.25) is 10.0 Å². The van der Waals surface area contributed by atoms with Crippen molar-refractivity contribution in [3.63, 3.8) is 0 Å². The fraction of sp³-hybridized carbons (Fsp3) is 0.259. The van der Waals surface area contributed by atoms with E-state index in [1.54, 1.807) is 49.6 Å². The first-order valence-corrected chi connectivity index (χ1v) is 14.5. The minimum absolute atomic E-state index is 0.0573. The van der Waals surface area contributed by atoms with Crippen LogP contribution in [-0.4, -0.2) is 62.2 Å². The Labute approximate surface area is 236 Å². The minimum Gasteiger partial charge on any atom is -0.493 e. The zero-order valence-electron chi connectivity index (χ0n) is 21.0. The quantitative estimate of drug-likeness (QED) is 0.281. The lowest BCUT2D eigenvalue weighted by atomic mass is 10.2. The molecular formula is C27H26Cl2N4O5S. The molecular weight excluding hydrogens is 563 g/mol. The summed E-state index contributed by atoms with van der Waals surface area (Å²) in [6.45, 7) is 0.925. The molecule has 1 aliphatic rings. The predicted octanol–water partition coefficient (Wildman–Crippen LogP) is 5.30. The summed E-state index contributed by atoms with van der Waals surface area (Å²) in [6.07, 6.45) is 1.00. The Bertz CT molecular complexity index is 1570. The zero-order valence-corrected chi connectivity index (χ0v) is 23.3. The van der Waals surface area contributed by atoms with Crippen LogP contribution in [0.25, 0.3) is 10.9 Å². The molecule has 1 aromatic heterocycles. The van der Waals surface area contributed by atoms with Crippen LogP contribution in [0.4, 0.5) is 11.5 Å². The van der Waals surface area contributed by atoms with E-state index in [1.807, 2.05) is 18.2 Å². The van der Waals surface area contributed by atoms with Crippen LogP contribution in [0.3, 0.4) is 0 Å². The molecule has 0 amide bonds. The first-order valence-electron chi connectivity index (χ1n) is 12.1. The average Bonchev–Trinajstić information content (AvgIpc) is 2.94.